The van der Waals surface area contributed by atoms with E-state index in [0.717, 1.165) is 21.9 Å². The van der Waals surface area contributed by atoms with Crippen molar-refractivity contribution in [3.05, 3.63) is 63.6 Å². The zero-order chi connectivity index (χ0) is 14.5. The van der Waals surface area contributed by atoms with E-state index < -0.39 is 0 Å². The summed E-state index contributed by atoms with van der Waals surface area (Å²) in [5.41, 5.74) is 8.27. The van der Waals surface area contributed by atoms with Crippen LogP contribution >= 0.6 is 23.2 Å². The second-order valence-corrected chi connectivity index (χ2v) is 5.67. The summed E-state index contributed by atoms with van der Waals surface area (Å²) in [7, 11) is 0. The Bertz CT molecular complexity index is 569. The van der Waals surface area contributed by atoms with Gasteiger partial charge in [0.2, 0.25) is 0 Å². The molecule has 2 aromatic carbocycles. The molecule has 0 heterocycles. The fraction of sp³-hybridized carbons (Fsp3) is 0.250. The minimum absolute atomic E-state index is 0.106. The van der Waals surface area contributed by atoms with Crippen LogP contribution in [0.25, 0.3) is 0 Å². The minimum atomic E-state index is -0.106. The first-order valence-electron chi connectivity index (χ1n) is 6.43. The quantitative estimate of drug-likeness (QED) is 0.896. The van der Waals surface area contributed by atoms with E-state index in [-0.39, 0.29) is 6.04 Å². The van der Waals surface area contributed by atoms with Crippen molar-refractivity contribution in [2.24, 2.45) is 5.73 Å². The topological polar surface area (TPSA) is 35.2 Å². The van der Waals surface area contributed by atoms with Crippen molar-refractivity contribution in [2.45, 2.75) is 19.4 Å². The van der Waals surface area contributed by atoms with Crippen LogP contribution in [0.4, 0.5) is 0 Å². The van der Waals surface area contributed by atoms with Gasteiger partial charge in [-0.1, -0.05) is 35.3 Å². The third-order valence-electron chi connectivity index (χ3n) is 2.97. The molecule has 2 aromatic rings. The van der Waals surface area contributed by atoms with Crippen LogP contribution in [0.5, 0.6) is 5.75 Å². The highest BCUT2D eigenvalue weighted by molar-refractivity contribution is 6.31. The molecule has 0 saturated heterocycles. The maximum absolute atomic E-state index is 6.20. The molecule has 20 heavy (non-hydrogen) atoms. The highest BCUT2D eigenvalue weighted by Gasteiger charge is 2.08. The summed E-state index contributed by atoms with van der Waals surface area (Å²) in [6.07, 6.45) is 0.687. The van der Waals surface area contributed by atoms with Crippen LogP contribution in [0, 0.1) is 6.92 Å². The Morgan fingerprint density at radius 2 is 1.80 bits per heavy atom. The van der Waals surface area contributed by atoms with Gasteiger partial charge in [-0.15, -0.1) is 0 Å². The Morgan fingerprint density at radius 1 is 1.10 bits per heavy atom. The Labute approximate surface area is 129 Å². The summed E-state index contributed by atoms with van der Waals surface area (Å²) < 4.78 is 5.63. The zero-order valence-corrected chi connectivity index (χ0v) is 12.8. The second-order valence-electron chi connectivity index (χ2n) is 4.82. The van der Waals surface area contributed by atoms with Crippen molar-refractivity contribution in [3.8, 4) is 5.75 Å². The van der Waals surface area contributed by atoms with Gasteiger partial charge in [-0.05, 0) is 54.8 Å². The highest BCUT2D eigenvalue weighted by Crippen LogP contribution is 2.19. The number of hydrogen-bond acceptors (Lipinski definition) is 2. The number of ether oxygens (including phenoxy) is 1. The maximum Gasteiger partial charge on any atom is 0.119 e. The van der Waals surface area contributed by atoms with Crippen molar-refractivity contribution >= 4 is 23.2 Å². The third-order valence-corrected chi connectivity index (χ3v) is 3.57. The van der Waals surface area contributed by atoms with E-state index >= 15 is 0 Å². The van der Waals surface area contributed by atoms with Crippen LogP contribution in [0.15, 0.2) is 42.5 Å². The van der Waals surface area contributed by atoms with E-state index in [2.05, 4.69) is 0 Å². The summed E-state index contributed by atoms with van der Waals surface area (Å²) in [6.45, 7) is 2.45. The Balaban J connectivity index is 1.89. The number of aryl methyl sites for hydroxylation is 1. The van der Waals surface area contributed by atoms with Crippen LogP contribution in [0.3, 0.4) is 0 Å². The first-order chi connectivity index (χ1) is 9.54. The fourth-order valence-corrected chi connectivity index (χ4v) is 2.33. The van der Waals surface area contributed by atoms with Crippen molar-refractivity contribution in [2.75, 3.05) is 6.61 Å². The highest BCUT2D eigenvalue weighted by atomic mass is 35.5. The fourth-order valence-electron chi connectivity index (χ4n) is 1.89. The lowest BCUT2D eigenvalue weighted by Gasteiger charge is -2.14. The van der Waals surface area contributed by atoms with Gasteiger partial charge >= 0.3 is 0 Å². The number of benzene rings is 2. The Hall–Kier alpha value is -1.22. The molecule has 2 nitrogen and oxygen atoms in total. The lowest BCUT2D eigenvalue weighted by atomic mass is 10.1. The van der Waals surface area contributed by atoms with Crippen molar-refractivity contribution in [1.82, 2.24) is 0 Å². The molecule has 2 N–H and O–H groups in total. The van der Waals surface area contributed by atoms with Gasteiger partial charge < -0.3 is 10.5 Å². The van der Waals surface area contributed by atoms with Crippen LogP contribution in [0.2, 0.25) is 10.0 Å². The van der Waals surface area contributed by atoms with Gasteiger partial charge in [0.1, 0.15) is 12.4 Å². The molecule has 0 aliphatic heterocycles. The van der Waals surface area contributed by atoms with Crippen molar-refractivity contribution in [1.29, 1.82) is 0 Å². The van der Waals surface area contributed by atoms with Gasteiger partial charge in [-0.2, -0.15) is 0 Å². The van der Waals surface area contributed by atoms with E-state index in [4.69, 9.17) is 33.7 Å². The largest absolute Gasteiger partial charge is 0.492 e. The van der Waals surface area contributed by atoms with Gasteiger partial charge in [-0.3, -0.25) is 0 Å². The number of nitrogens with two attached hydrogens (primary N) is 1. The molecular weight excluding hydrogens is 293 g/mol. The molecule has 0 spiro atoms. The lowest BCUT2D eigenvalue weighted by Crippen LogP contribution is -2.30. The van der Waals surface area contributed by atoms with E-state index in [1.807, 2.05) is 37.3 Å². The predicted octanol–water partition coefficient (Wildman–Crippen LogP) is 4.25. The van der Waals surface area contributed by atoms with Crippen molar-refractivity contribution < 1.29 is 4.74 Å². The van der Waals surface area contributed by atoms with Gasteiger partial charge in [0.15, 0.2) is 0 Å². The minimum Gasteiger partial charge on any atom is -0.492 e. The monoisotopic (exact) mass is 309 g/mol. The molecule has 0 fully saturated rings. The van der Waals surface area contributed by atoms with Crippen LogP contribution in [0.1, 0.15) is 11.1 Å². The van der Waals surface area contributed by atoms with Crippen LogP contribution < -0.4 is 10.5 Å². The average molecular weight is 310 g/mol. The standard InChI is InChI=1S/C16H17Cl2NO/c1-11-2-3-12(16(18)8-11)9-14(19)10-20-15-6-4-13(17)5-7-15/h2-8,14H,9-10,19H2,1H3. The summed E-state index contributed by atoms with van der Waals surface area (Å²) >= 11 is 12.0. The molecule has 0 bridgehead atoms. The van der Waals surface area contributed by atoms with Gasteiger partial charge in [0.05, 0.1) is 0 Å². The number of rotatable bonds is 5. The molecule has 1 atom stereocenters. The zero-order valence-electron chi connectivity index (χ0n) is 11.3. The molecule has 0 aliphatic rings. The first kappa shape index (κ1) is 15.2. The molecule has 106 valence electrons. The molecule has 4 heteroatoms. The Kier molecular flexibility index (Phi) is 5.30. The predicted molar refractivity (Wildman–Crippen MR) is 84.8 cm³/mol. The number of halogens is 2. The molecule has 2 rings (SSSR count). The SMILES string of the molecule is Cc1ccc(CC(N)COc2ccc(Cl)cc2)c(Cl)c1. The van der Waals surface area contributed by atoms with Gasteiger partial charge in [0.25, 0.3) is 0 Å². The maximum atomic E-state index is 6.20. The van der Waals surface area contributed by atoms with E-state index in [0.29, 0.717) is 18.1 Å². The molecule has 1 unspecified atom stereocenters. The average Bonchev–Trinajstić information content (AvgIpc) is 2.41. The summed E-state index contributed by atoms with van der Waals surface area (Å²) in [6, 6.07) is 13.1. The van der Waals surface area contributed by atoms with E-state index in [9.17, 15) is 0 Å². The lowest BCUT2D eigenvalue weighted by molar-refractivity contribution is 0.287. The Morgan fingerprint density at radius 3 is 2.45 bits per heavy atom. The van der Waals surface area contributed by atoms with E-state index in [1.54, 1.807) is 12.1 Å². The molecule has 0 saturated carbocycles. The normalized spacial score (nSPS) is 12.2. The summed E-state index contributed by atoms with van der Waals surface area (Å²) in [4.78, 5) is 0. The molecule has 0 radical (unpaired) electrons. The van der Waals surface area contributed by atoms with Crippen LogP contribution in [-0.4, -0.2) is 12.6 Å². The molecule has 0 amide bonds. The molecule has 0 aliphatic carbocycles. The van der Waals surface area contributed by atoms with Gasteiger partial charge in [0, 0.05) is 16.1 Å². The third kappa shape index (κ3) is 4.41. The smallest absolute Gasteiger partial charge is 0.119 e. The van der Waals surface area contributed by atoms with E-state index in [1.165, 1.54) is 0 Å². The molecular formula is C16H17Cl2NO. The first-order valence-corrected chi connectivity index (χ1v) is 7.19. The number of hydrogen-bond donors (Lipinski definition) is 1. The summed E-state index contributed by atoms with van der Waals surface area (Å²) in [5.74, 6) is 0.764. The van der Waals surface area contributed by atoms with Gasteiger partial charge in [-0.25, -0.2) is 0 Å². The molecule has 0 aromatic heterocycles. The van der Waals surface area contributed by atoms with Crippen LogP contribution in [-0.2, 0) is 6.42 Å². The summed E-state index contributed by atoms with van der Waals surface area (Å²) in [5, 5.41) is 1.44. The second kappa shape index (κ2) is 6.98. The van der Waals surface area contributed by atoms with Crippen molar-refractivity contribution in [3.63, 3.8) is 0 Å².